The fraction of sp³-hybridized carbons (Fsp3) is 0.579. The SMILES string of the molecule is NC1=NC2(CCCCC2)N(c2cc(F)ccc2OC2CCCC2)C(N)=N1. The van der Waals surface area contributed by atoms with Gasteiger partial charge in [-0.2, -0.15) is 4.99 Å². The summed E-state index contributed by atoms with van der Waals surface area (Å²) in [7, 11) is 0. The summed E-state index contributed by atoms with van der Waals surface area (Å²) < 4.78 is 20.4. The fourth-order valence-electron chi connectivity index (χ4n) is 4.42. The van der Waals surface area contributed by atoms with Crippen molar-refractivity contribution in [3.8, 4) is 5.75 Å². The maximum atomic E-state index is 14.2. The van der Waals surface area contributed by atoms with Crippen LogP contribution in [0.3, 0.4) is 0 Å². The van der Waals surface area contributed by atoms with Gasteiger partial charge in [0.05, 0.1) is 11.8 Å². The second-order valence-corrected chi connectivity index (χ2v) is 7.45. The van der Waals surface area contributed by atoms with Crippen molar-refractivity contribution in [2.75, 3.05) is 4.90 Å². The number of nitrogens with two attached hydrogens (primary N) is 2. The van der Waals surface area contributed by atoms with Gasteiger partial charge in [0.1, 0.15) is 17.2 Å². The van der Waals surface area contributed by atoms with Gasteiger partial charge in [-0.1, -0.05) is 6.42 Å². The fourth-order valence-corrected chi connectivity index (χ4v) is 4.42. The molecule has 4 rings (SSSR count). The van der Waals surface area contributed by atoms with E-state index in [2.05, 4.69) is 9.98 Å². The summed E-state index contributed by atoms with van der Waals surface area (Å²) in [5.41, 5.74) is 12.2. The van der Waals surface area contributed by atoms with Crippen molar-refractivity contribution in [3.63, 3.8) is 0 Å². The molecule has 1 aromatic rings. The van der Waals surface area contributed by atoms with Gasteiger partial charge < -0.3 is 16.2 Å². The van der Waals surface area contributed by atoms with Crippen LogP contribution in [0.1, 0.15) is 57.8 Å². The molecule has 3 aliphatic rings. The van der Waals surface area contributed by atoms with Crippen LogP contribution in [-0.2, 0) is 0 Å². The van der Waals surface area contributed by atoms with Crippen molar-refractivity contribution in [2.24, 2.45) is 21.5 Å². The average Bonchev–Trinajstić information content (AvgIpc) is 3.10. The molecule has 0 atom stereocenters. The van der Waals surface area contributed by atoms with Crippen LogP contribution >= 0.6 is 0 Å². The number of guanidine groups is 2. The average molecular weight is 359 g/mol. The van der Waals surface area contributed by atoms with Crippen molar-refractivity contribution in [1.29, 1.82) is 0 Å². The van der Waals surface area contributed by atoms with E-state index in [9.17, 15) is 4.39 Å². The topological polar surface area (TPSA) is 89.2 Å². The third-order valence-electron chi connectivity index (χ3n) is 5.61. The van der Waals surface area contributed by atoms with Crippen molar-refractivity contribution in [1.82, 2.24) is 0 Å². The molecule has 26 heavy (non-hydrogen) atoms. The zero-order chi connectivity index (χ0) is 18.1. The highest BCUT2D eigenvalue weighted by Gasteiger charge is 2.43. The molecule has 1 heterocycles. The molecule has 0 amide bonds. The van der Waals surface area contributed by atoms with Crippen LogP contribution in [0.25, 0.3) is 0 Å². The van der Waals surface area contributed by atoms with Crippen molar-refractivity contribution < 1.29 is 9.13 Å². The number of nitrogens with zero attached hydrogens (tertiary/aromatic N) is 3. The molecule has 6 nitrogen and oxygen atoms in total. The predicted molar refractivity (Wildman–Crippen MR) is 101 cm³/mol. The monoisotopic (exact) mass is 359 g/mol. The minimum atomic E-state index is -0.601. The summed E-state index contributed by atoms with van der Waals surface area (Å²) in [6.07, 6.45) is 9.36. The predicted octanol–water partition coefficient (Wildman–Crippen LogP) is 3.26. The maximum absolute atomic E-state index is 14.2. The quantitative estimate of drug-likeness (QED) is 0.867. The largest absolute Gasteiger partial charge is 0.488 e. The molecule has 1 spiro atoms. The molecular formula is C19H26FN5O. The van der Waals surface area contributed by atoms with E-state index in [1.807, 2.05) is 4.90 Å². The van der Waals surface area contributed by atoms with Crippen LogP contribution in [0.5, 0.6) is 5.75 Å². The van der Waals surface area contributed by atoms with Gasteiger partial charge in [-0.15, -0.1) is 0 Å². The number of rotatable bonds is 3. The van der Waals surface area contributed by atoms with E-state index in [-0.39, 0.29) is 23.8 Å². The lowest BCUT2D eigenvalue weighted by molar-refractivity contribution is 0.208. The third-order valence-corrected chi connectivity index (χ3v) is 5.61. The van der Waals surface area contributed by atoms with Crippen LogP contribution in [0.15, 0.2) is 28.2 Å². The zero-order valence-electron chi connectivity index (χ0n) is 15.0. The Balaban J connectivity index is 1.76. The number of aliphatic imine (C=N–C) groups is 2. The Hall–Kier alpha value is -2.31. The summed E-state index contributed by atoms with van der Waals surface area (Å²) in [6.45, 7) is 0. The third kappa shape index (κ3) is 3.10. The van der Waals surface area contributed by atoms with Crippen LogP contribution in [-0.4, -0.2) is 23.7 Å². The standard InChI is InChI=1S/C19H26FN5O/c20-13-8-9-16(26-14-6-2-3-7-14)15(12-13)25-18(22)23-17(21)24-19(25)10-4-1-5-11-19/h8-9,12,14H,1-7,10-11H2,(H4,21,22,23,24). The van der Waals surface area contributed by atoms with Crippen molar-refractivity contribution >= 4 is 17.6 Å². The van der Waals surface area contributed by atoms with Crippen LogP contribution in [0, 0.1) is 5.82 Å². The zero-order valence-corrected chi connectivity index (χ0v) is 15.0. The van der Waals surface area contributed by atoms with Gasteiger partial charge in [0.2, 0.25) is 11.9 Å². The summed E-state index contributed by atoms with van der Waals surface area (Å²) in [5, 5.41) is 0. The van der Waals surface area contributed by atoms with Crippen LogP contribution in [0.4, 0.5) is 10.1 Å². The Morgan fingerprint density at radius 2 is 1.81 bits per heavy atom. The van der Waals surface area contributed by atoms with Crippen molar-refractivity contribution in [3.05, 3.63) is 24.0 Å². The number of anilines is 1. The lowest BCUT2D eigenvalue weighted by atomic mass is 9.87. The first-order valence-corrected chi connectivity index (χ1v) is 9.53. The van der Waals surface area contributed by atoms with E-state index < -0.39 is 5.66 Å². The van der Waals surface area contributed by atoms with Gasteiger partial charge in [-0.25, -0.2) is 9.38 Å². The van der Waals surface area contributed by atoms with Gasteiger partial charge >= 0.3 is 0 Å². The Morgan fingerprint density at radius 1 is 1.08 bits per heavy atom. The first kappa shape index (κ1) is 17.1. The van der Waals surface area contributed by atoms with Gasteiger partial charge in [-0.3, -0.25) is 4.90 Å². The molecule has 140 valence electrons. The maximum Gasteiger partial charge on any atom is 0.220 e. The minimum absolute atomic E-state index is 0.165. The highest BCUT2D eigenvalue weighted by Crippen LogP contribution is 2.43. The highest BCUT2D eigenvalue weighted by atomic mass is 19.1. The Morgan fingerprint density at radius 3 is 2.54 bits per heavy atom. The van der Waals surface area contributed by atoms with E-state index in [0.29, 0.717) is 11.4 Å². The summed E-state index contributed by atoms with van der Waals surface area (Å²) in [6, 6.07) is 4.59. The second-order valence-electron chi connectivity index (χ2n) is 7.45. The lowest BCUT2D eigenvalue weighted by Crippen LogP contribution is -2.58. The van der Waals surface area contributed by atoms with E-state index in [0.717, 1.165) is 44.9 Å². The molecule has 0 bridgehead atoms. The number of hydrogen-bond acceptors (Lipinski definition) is 6. The molecule has 4 N–H and O–H groups in total. The van der Waals surface area contributed by atoms with E-state index in [4.69, 9.17) is 16.2 Å². The Kier molecular flexibility index (Phi) is 4.46. The van der Waals surface area contributed by atoms with E-state index in [1.54, 1.807) is 6.07 Å². The minimum Gasteiger partial charge on any atom is -0.488 e. The molecular weight excluding hydrogens is 333 g/mol. The van der Waals surface area contributed by atoms with Gasteiger partial charge in [0.15, 0.2) is 0 Å². The lowest BCUT2D eigenvalue weighted by Gasteiger charge is -2.46. The molecule has 1 aliphatic heterocycles. The summed E-state index contributed by atoms with van der Waals surface area (Å²) >= 11 is 0. The number of hydrogen-bond donors (Lipinski definition) is 2. The van der Waals surface area contributed by atoms with E-state index in [1.165, 1.54) is 25.0 Å². The van der Waals surface area contributed by atoms with E-state index >= 15 is 0 Å². The van der Waals surface area contributed by atoms with Gasteiger partial charge in [-0.05, 0) is 63.5 Å². The Bertz CT molecular complexity index is 735. The molecule has 1 aromatic carbocycles. The molecule has 0 radical (unpaired) electrons. The first-order valence-electron chi connectivity index (χ1n) is 9.53. The van der Waals surface area contributed by atoms with Crippen LogP contribution < -0.4 is 21.1 Å². The molecule has 7 heteroatoms. The molecule has 2 fully saturated rings. The summed E-state index contributed by atoms with van der Waals surface area (Å²) in [5.74, 6) is 0.744. The van der Waals surface area contributed by atoms with Gasteiger partial charge in [0, 0.05) is 6.07 Å². The number of halogens is 1. The number of ether oxygens (including phenoxy) is 1. The molecule has 2 aliphatic carbocycles. The molecule has 0 unspecified atom stereocenters. The summed E-state index contributed by atoms with van der Waals surface area (Å²) in [4.78, 5) is 10.7. The molecule has 0 aromatic heterocycles. The Labute approximate surface area is 153 Å². The molecule has 0 saturated heterocycles. The van der Waals surface area contributed by atoms with Crippen molar-refractivity contribution in [2.45, 2.75) is 69.6 Å². The van der Waals surface area contributed by atoms with Gasteiger partial charge in [0.25, 0.3) is 0 Å². The molecule has 2 saturated carbocycles. The second kappa shape index (κ2) is 6.78. The smallest absolute Gasteiger partial charge is 0.220 e. The normalized spacial score (nSPS) is 23.0. The highest BCUT2D eigenvalue weighted by molar-refractivity contribution is 6.06. The first-order chi connectivity index (χ1) is 12.6. The van der Waals surface area contributed by atoms with Crippen LogP contribution in [0.2, 0.25) is 0 Å². The number of benzene rings is 1.